The Kier molecular flexibility index (Phi) is 5.06. The number of hydrogen-bond acceptors (Lipinski definition) is 6. The molecule has 1 aliphatic rings. The highest BCUT2D eigenvalue weighted by molar-refractivity contribution is 8.06. The topological polar surface area (TPSA) is 49.8 Å². The molecule has 0 saturated carbocycles. The molecule has 1 aromatic heterocycles. The third-order valence-electron chi connectivity index (χ3n) is 2.43. The number of anilines is 2. The van der Waals surface area contributed by atoms with Crippen molar-refractivity contribution in [2.24, 2.45) is 0 Å². The van der Waals surface area contributed by atoms with Crippen LogP contribution >= 0.6 is 35.1 Å². The molecule has 7 heteroatoms. The highest BCUT2D eigenvalue weighted by Crippen LogP contribution is 2.27. The highest BCUT2D eigenvalue weighted by Gasteiger charge is 2.15. The molecule has 1 aliphatic heterocycles. The summed E-state index contributed by atoms with van der Waals surface area (Å²) < 4.78 is 0. The Labute approximate surface area is 115 Å². The van der Waals surface area contributed by atoms with Gasteiger partial charge in [-0.1, -0.05) is 11.6 Å². The molecule has 1 aromatic rings. The summed E-state index contributed by atoms with van der Waals surface area (Å²) in [5, 5.41) is 7.46. The number of aromatic nitrogens is 2. The van der Waals surface area contributed by atoms with Crippen molar-refractivity contribution >= 4 is 46.6 Å². The molecule has 0 spiro atoms. The molecule has 2 N–H and O–H groups in total. The van der Waals surface area contributed by atoms with E-state index in [1.54, 1.807) is 0 Å². The molecule has 0 amide bonds. The molecule has 1 saturated heterocycles. The van der Waals surface area contributed by atoms with Crippen molar-refractivity contribution in [1.29, 1.82) is 0 Å². The van der Waals surface area contributed by atoms with Crippen LogP contribution in [0.15, 0.2) is 6.33 Å². The molecule has 0 aromatic carbocycles. The molecule has 4 nitrogen and oxygen atoms in total. The summed E-state index contributed by atoms with van der Waals surface area (Å²) in [6.07, 6.45) is 1.48. The lowest BCUT2D eigenvalue weighted by atomic mass is 10.4. The van der Waals surface area contributed by atoms with Crippen molar-refractivity contribution in [1.82, 2.24) is 9.97 Å². The van der Waals surface area contributed by atoms with Crippen LogP contribution in [-0.4, -0.2) is 46.1 Å². The molecular weight excluding hydrogens is 276 g/mol. The standard InChI is InChI=1S/C10H15ClN4S2/c1-12-8-9(11)14-6-15-10(8)13-4-7-5-16-2-3-17-7/h6-7,12H,2-5H2,1H3,(H,13,14,15). The minimum atomic E-state index is 0.454. The first-order chi connectivity index (χ1) is 8.31. The van der Waals surface area contributed by atoms with E-state index in [0.717, 1.165) is 18.1 Å². The molecule has 2 rings (SSSR count). The normalized spacial score (nSPS) is 20.0. The first-order valence-electron chi connectivity index (χ1n) is 5.42. The number of thioether (sulfide) groups is 2. The van der Waals surface area contributed by atoms with Crippen molar-refractivity contribution < 1.29 is 0 Å². The Morgan fingerprint density at radius 2 is 2.35 bits per heavy atom. The average Bonchev–Trinajstić information content (AvgIpc) is 2.37. The zero-order valence-corrected chi connectivity index (χ0v) is 12.0. The van der Waals surface area contributed by atoms with Gasteiger partial charge in [0.1, 0.15) is 12.0 Å². The van der Waals surface area contributed by atoms with Gasteiger partial charge in [-0.2, -0.15) is 23.5 Å². The second-order valence-electron chi connectivity index (χ2n) is 3.59. The van der Waals surface area contributed by atoms with E-state index in [0.29, 0.717) is 10.4 Å². The maximum absolute atomic E-state index is 5.99. The van der Waals surface area contributed by atoms with Crippen molar-refractivity contribution in [3.63, 3.8) is 0 Å². The SMILES string of the molecule is CNc1c(Cl)ncnc1NCC1CSCCS1. The van der Waals surface area contributed by atoms with Crippen LogP contribution in [0.1, 0.15) is 0 Å². The third kappa shape index (κ3) is 3.56. The fourth-order valence-electron chi connectivity index (χ4n) is 1.58. The summed E-state index contributed by atoms with van der Waals surface area (Å²) in [6, 6.07) is 0. The molecule has 2 heterocycles. The molecule has 94 valence electrons. The summed E-state index contributed by atoms with van der Waals surface area (Å²) in [5.41, 5.74) is 0.766. The number of hydrogen-bond donors (Lipinski definition) is 2. The largest absolute Gasteiger partial charge is 0.383 e. The van der Waals surface area contributed by atoms with Gasteiger partial charge in [0.2, 0.25) is 0 Å². The van der Waals surface area contributed by atoms with E-state index in [1.165, 1.54) is 23.6 Å². The van der Waals surface area contributed by atoms with Gasteiger partial charge in [-0.15, -0.1) is 0 Å². The van der Waals surface area contributed by atoms with Crippen molar-refractivity contribution in [2.75, 3.05) is 41.5 Å². The molecular formula is C10H15ClN4S2. The van der Waals surface area contributed by atoms with E-state index in [9.17, 15) is 0 Å². The maximum Gasteiger partial charge on any atom is 0.157 e. The van der Waals surface area contributed by atoms with E-state index < -0.39 is 0 Å². The van der Waals surface area contributed by atoms with Gasteiger partial charge in [-0.25, -0.2) is 9.97 Å². The predicted octanol–water partition coefficient (Wildman–Crippen LogP) is 2.43. The highest BCUT2D eigenvalue weighted by atomic mass is 35.5. The number of rotatable bonds is 4. The fourth-order valence-corrected chi connectivity index (χ4v) is 4.42. The van der Waals surface area contributed by atoms with E-state index in [1.807, 2.05) is 30.6 Å². The van der Waals surface area contributed by atoms with Crippen LogP contribution in [0, 0.1) is 0 Å². The van der Waals surface area contributed by atoms with Crippen LogP contribution in [0.4, 0.5) is 11.5 Å². The Balaban J connectivity index is 1.95. The monoisotopic (exact) mass is 290 g/mol. The van der Waals surface area contributed by atoms with Gasteiger partial charge < -0.3 is 10.6 Å². The summed E-state index contributed by atoms with van der Waals surface area (Å²) in [6.45, 7) is 0.916. The summed E-state index contributed by atoms with van der Waals surface area (Å²) in [7, 11) is 1.82. The van der Waals surface area contributed by atoms with Gasteiger partial charge in [0, 0.05) is 36.1 Å². The quantitative estimate of drug-likeness (QED) is 0.831. The fraction of sp³-hybridized carbons (Fsp3) is 0.600. The van der Waals surface area contributed by atoms with Gasteiger partial charge in [-0.3, -0.25) is 0 Å². The van der Waals surface area contributed by atoms with Crippen LogP contribution < -0.4 is 10.6 Å². The van der Waals surface area contributed by atoms with Crippen LogP contribution in [0.2, 0.25) is 5.15 Å². The van der Waals surface area contributed by atoms with Crippen LogP contribution in [0.5, 0.6) is 0 Å². The maximum atomic E-state index is 5.99. The Bertz CT molecular complexity index is 371. The summed E-state index contributed by atoms with van der Waals surface area (Å²) >= 11 is 10.0. The first kappa shape index (κ1) is 13.1. The number of nitrogens with zero attached hydrogens (tertiary/aromatic N) is 2. The second-order valence-corrected chi connectivity index (χ2v) is 6.50. The van der Waals surface area contributed by atoms with Crippen LogP contribution in [0.3, 0.4) is 0 Å². The third-order valence-corrected chi connectivity index (χ3v) is 5.56. The summed E-state index contributed by atoms with van der Waals surface area (Å²) in [4.78, 5) is 8.16. The van der Waals surface area contributed by atoms with Gasteiger partial charge in [0.05, 0.1) is 0 Å². The van der Waals surface area contributed by atoms with Gasteiger partial charge in [-0.05, 0) is 0 Å². The molecule has 0 radical (unpaired) electrons. The van der Waals surface area contributed by atoms with Gasteiger partial charge in [0.25, 0.3) is 0 Å². The molecule has 0 bridgehead atoms. The zero-order valence-electron chi connectivity index (χ0n) is 9.57. The molecule has 1 fully saturated rings. The van der Waals surface area contributed by atoms with Crippen molar-refractivity contribution in [3.05, 3.63) is 11.5 Å². The van der Waals surface area contributed by atoms with Gasteiger partial charge >= 0.3 is 0 Å². The van der Waals surface area contributed by atoms with Gasteiger partial charge in [0.15, 0.2) is 11.0 Å². The second kappa shape index (κ2) is 6.56. The molecule has 17 heavy (non-hydrogen) atoms. The van der Waals surface area contributed by atoms with E-state index in [-0.39, 0.29) is 0 Å². The number of halogens is 1. The van der Waals surface area contributed by atoms with E-state index >= 15 is 0 Å². The Morgan fingerprint density at radius 3 is 3.06 bits per heavy atom. The Morgan fingerprint density at radius 1 is 1.47 bits per heavy atom. The molecule has 1 unspecified atom stereocenters. The smallest absolute Gasteiger partial charge is 0.157 e. The number of nitrogens with one attached hydrogen (secondary N) is 2. The summed E-state index contributed by atoms with van der Waals surface area (Å²) in [5.74, 6) is 4.48. The van der Waals surface area contributed by atoms with Crippen LogP contribution in [0.25, 0.3) is 0 Å². The minimum Gasteiger partial charge on any atom is -0.383 e. The lowest BCUT2D eigenvalue weighted by molar-refractivity contribution is 0.987. The lowest BCUT2D eigenvalue weighted by Crippen LogP contribution is -2.24. The minimum absolute atomic E-state index is 0.454. The predicted molar refractivity (Wildman–Crippen MR) is 78.6 cm³/mol. The van der Waals surface area contributed by atoms with Crippen LogP contribution in [-0.2, 0) is 0 Å². The zero-order chi connectivity index (χ0) is 12.1. The average molecular weight is 291 g/mol. The molecule has 1 atom stereocenters. The first-order valence-corrected chi connectivity index (χ1v) is 8.01. The molecule has 0 aliphatic carbocycles. The van der Waals surface area contributed by atoms with E-state index in [4.69, 9.17) is 11.6 Å². The lowest BCUT2D eigenvalue weighted by Gasteiger charge is -2.22. The van der Waals surface area contributed by atoms with E-state index in [2.05, 4.69) is 20.6 Å². The van der Waals surface area contributed by atoms with Crippen molar-refractivity contribution in [3.8, 4) is 0 Å². The Hall–Kier alpha value is -0.330. The van der Waals surface area contributed by atoms with Crippen molar-refractivity contribution in [2.45, 2.75) is 5.25 Å².